The number of hydrogen-bond donors (Lipinski definition) is 3. The van der Waals surface area contributed by atoms with Crippen LogP contribution in [0.4, 0.5) is 0 Å². The summed E-state index contributed by atoms with van der Waals surface area (Å²) >= 11 is 3.51. The third kappa shape index (κ3) is 5.41. The van der Waals surface area contributed by atoms with Gasteiger partial charge < -0.3 is 19.9 Å². The first-order chi connectivity index (χ1) is 14.0. The zero-order chi connectivity index (χ0) is 20.8. The number of aliphatic carboxylic acids is 2. The lowest BCUT2D eigenvalue weighted by atomic mass is 10.1. The summed E-state index contributed by atoms with van der Waals surface area (Å²) in [7, 11) is 0. The molecule has 0 radical (unpaired) electrons. The summed E-state index contributed by atoms with van der Waals surface area (Å²) in [6.07, 6.45) is 2.11. The number of carbonyl (C=O) groups is 2. The molecule has 1 aromatic carbocycles. The van der Waals surface area contributed by atoms with Crippen molar-refractivity contribution in [3.05, 3.63) is 58.8 Å². The van der Waals surface area contributed by atoms with Crippen molar-refractivity contribution in [1.29, 1.82) is 0 Å². The van der Waals surface area contributed by atoms with Crippen LogP contribution in [0.15, 0.2) is 53.1 Å². The smallest absolute Gasteiger partial charge is 0.414 e. The van der Waals surface area contributed by atoms with Crippen molar-refractivity contribution >= 4 is 33.5 Å². The molecule has 152 valence electrons. The second-order valence-corrected chi connectivity index (χ2v) is 7.39. The molecule has 8 nitrogen and oxygen atoms in total. The zero-order valence-corrected chi connectivity index (χ0v) is 17.2. The lowest BCUT2D eigenvalue weighted by molar-refractivity contribution is -0.159. The van der Waals surface area contributed by atoms with Crippen molar-refractivity contribution in [1.82, 2.24) is 19.6 Å². The minimum absolute atomic E-state index is 0.929. The van der Waals surface area contributed by atoms with Crippen LogP contribution < -0.4 is 5.32 Å². The van der Waals surface area contributed by atoms with Crippen LogP contribution >= 0.6 is 15.9 Å². The first kappa shape index (κ1) is 21.0. The molecule has 1 aliphatic heterocycles. The Morgan fingerprint density at radius 1 is 1.03 bits per heavy atom. The summed E-state index contributed by atoms with van der Waals surface area (Å²) in [4.78, 5) is 25.6. The third-order valence-corrected chi connectivity index (χ3v) is 5.04. The van der Waals surface area contributed by atoms with Crippen molar-refractivity contribution < 1.29 is 19.8 Å². The molecular formula is C20H21BrN4O4. The van der Waals surface area contributed by atoms with Gasteiger partial charge in [0, 0.05) is 49.0 Å². The number of benzene rings is 1. The number of carboxylic acids is 2. The van der Waals surface area contributed by atoms with E-state index in [0.29, 0.717) is 0 Å². The predicted octanol–water partition coefficient (Wildman–Crippen LogP) is 2.32. The first-order valence-electron chi connectivity index (χ1n) is 9.07. The van der Waals surface area contributed by atoms with E-state index in [4.69, 9.17) is 24.8 Å². The average Bonchev–Trinajstić information content (AvgIpc) is 3.08. The van der Waals surface area contributed by atoms with E-state index >= 15 is 0 Å². The van der Waals surface area contributed by atoms with Crippen LogP contribution in [0, 0.1) is 0 Å². The van der Waals surface area contributed by atoms with Gasteiger partial charge in [-0.2, -0.15) is 0 Å². The summed E-state index contributed by atoms with van der Waals surface area (Å²) in [6.45, 7) is 5.21. The van der Waals surface area contributed by atoms with E-state index in [1.807, 2.05) is 6.07 Å². The van der Waals surface area contributed by atoms with E-state index < -0.39 is 11.9 Å². The Morgan fingerprint density at radius 2 is 1.69 bits per heavy atom. The summed E-state index contributed by atoms with van der Waals surface area (Å²) in [5.41, 5.74) is 4.53. The topological polar surface area (TPSA) is 107 Å². The Hall–Kier alpha value is -2.75. The number of nitrogens with zero attached hydrogens (tertiary/aromatic N) is 3. The highest BCUT2D eigenvalue weighted by Crippen LogP contribution is 2.27. The quantitative estimate of drug-likeness (QED) is 0.514. The molecule has 9 heteroatoms. The van der Waals surface area contributed by atoms with Crippen molar-refractivity contribution in [3.8, 4) is 11.3 Å². The standard InChI is InChI=1S/C18H19BrN4.C2H2O4/c19-15-6-4-14(5-7-15)18-16(13-22-11-8-20-9-12-22)23-10-2-1-3-17(23)21-18;3-1(4)2(5)6/h1-7,10,20H,8-9,11-13H2;(H,3,4)(H,5,6). The largest absolute Gasteiger partial charge is 0.473 e. The second-order valence-electron chi connectivity index (χ2n) is 6.48. The molecule has 2 aromatic heterocycles. The molecule has 0 bridgehead atoms. The Kier molecular flexibility index (Phi) is 6.97. The maximum absolute atomic E-state index is 9.10. The van der Waals surface area contributed by atoms with Crippen LogP contribution in [0.5, 0.6) is 0 Å². The van der Waals surface area contributed by atoms with E-state index in [9.17, 15) is 0 Å². The lowest BCUT2D eigenvalue weighted by Crippen LogP contribution is -2.43. The van der Waals surface area contributed by atoms with E-state index in [-0.39, 0.29) is 0 Å². The maximum Gasteiger partial charge on any atom is 0.414 e. The number of fused-ring (bicyclic) bond motifs is 1. The molecule has 0 saturated carbocycles. The molecule has 0 unspecified atom stereocenters. The summed E-state index contributed by atoms with van der Waals surface area (Å²) < 4.78 is 3.31. The molecule has 0 atom stereocenters. The normalized spacial score (nSPS) is 14.2. The van der Waals surface area contributed by atoms with Crippen molar-refractivity contribution in [3.63, 3.8) is 0 Å². The zero-order valence-electron chi connectivity index (χ0n) is 15.6. The van der Waals surface area contributed by atoms with Gasteiger partial charge in [0.15, 0.2) is 0 Å². The molecule has 4 rings (SSSR count). The number of hydrogen-bond acceptors (Lipinski definition) is 5. The number of carboxylic acid groups (broad SMARTS) is 2. The Bertz CT molecular complexity index is 985. The fourth-order valence-electron chi connectivity index (χ4n) is 3.12. The Balaban J connectivity index is 0.000000353. The number of imidazole rings is 1. The van der Waals surface area contributed by atoms with Crippen LogP contribution in [0.3, 0.4) is 0 Å². The van der Waals surface area contributed by atoms with Crippen LogP contribution in [0.1, 0.15) is 5.69 Å². The molecule has 3 heterocycles. The van der Waals surface area contributed by atoms with E-state index in [0.717, 1.165) is 48.5 Å². The highest BCUT2D eigenvalue weighted by Gasteiger charge is 2.18. The van der Waals surface area contributed by atoms with Crippen LogP contribution in [-0.4, -0.2) is 62.6 Å². The summed E-state index contributed by atoms with van der Waals surface area (Å²) in [6, 6.07) is 14.6. The molecule has 1 fully saturated rings. The Labute approximate surface area is 175 Å². The number of halogens is 1. The number of piperazine rings is 1. The van der Waals surface area contributed by atoms with Crippen molar-refractivity contribution in [2.45, 2.75) is 6.54 Å². The molecule has 3 aromatic rings. The van der Waals surface area contributed by atoms with Crippen LogP contribution in [0.2, 0.25) is 0 Å². The molecule has 29 heavy (non-hydrogen) atoms. The minimum Gasteiger partial charge on any atom is -0.473 e. The van der Waals surface area contributed by atoms with Gasteiger partial charge in [-0.3, -0.25) is 4.90 Å². The monoisotopic (exact) mass is 460 g/mol. The van der Waals surface area contributed by atoms with Gasteiger partial charge in [-0.15, -0.1) is 0 Å². The first-order valence-corrected chi connectivity index (χ1v) is 9.86. The van der Waals surface area contributed by atoms with Gasteiger partial charge in [0.25, 0.3) is 0 Å². The molecule has 1 aliphatic rings. The van der Waals surface area contributed by atoms with Gasteiger partial charge in [0.05, 0.1) is 11.4 Å². The van der Waals surface area contributed by atoms with E-state index in [1.54, 1.807) is 0 Å². The van der Waals surface area contributed by atoms with Gasteiger partial charge in [-0.1, -0.05) is 34.1 Å². The highest BCUT2D eigenvalue weighted by molar-refractivity contribution is 9.10. The molecular weight excluding hydrogens is 440 g/mol. The van der Waals surface area contributed by atoms with Gasteiger partial charge in [-0.25, -0.2) is 14.6 Å². The number of nitrogens with one attached hydrogen (secondary N) is 1. The number of rotatable bonds is 3. The average molecular weight is 461 g/mol. The predicted molar refractivity (Wildman–Crippen MR) is 112 cm³/mol. The summed E-state index contributed by atoms with van der Waals surface area (Å²) in [5, 5.41) is 18.2. The van der Waals surface area contributed by atoms with Crippen LogP contribution in [0.25, 0.3) is 16.9 Å². The lowest BCUT2D eigenvalue weighted by Gasteiger charge is -2.27. The fraction of sp³-hybridized carbons (Fsp3) is 0.250. The number of aromatic nitrogens is 2. The highest BCUT2D eigenvalue weighted by atomic mass is 79.9. The second kappa shape index (κ2) is 9.64. The Morgan fingerprint density at radius 3 is 2.31 bits per heavy atom. The minimum atomic E-state index is -1.82. The van der Waals surface area contributed by atoms with Crippen molar-refractivity contribution in [2.24, 2.45) is 0 Å². The molecule has 0 aliphatic carbocycles. The maximum atomic E-state index is 9.10. The number of pyridine rings is 1. The molecule has 0 spiro atoms. The van der Waals surface area contributed by atoms with Gasteiger partial charge in [-0.05, 0) is 24.3 Å². The SMILES string of the molecule is Brc1ccc(-c2nc3ccccn3c2CN2CCNCC2)cc1.O=C(O)C(=O)O. The molecule has 0 amide bonds. The van der Waals surface area contributed by atoms with Gasteiger partial charge in [0.2, 0.25) is 0 Å². The van der Waals surface area contributed by atoms with Crippen LogP contribution in [-0.2, 0) is 16.1 Å². The summed E-state index contributed by atoms with van der Waals surface area (Å²) in [5.74, 6) is -3.65. The third-order valence-electron chi connectivity index (χ3n) is 4.51. The van der Waals surface area contributed by atoms with Gasteiger partial charge in [0.1, 0.15) is 5.65 Å². The molecule has 3 N–H and O–H groups in total. The van der Waals surface area contributed by atoms with Crippen molar-refractivity contribution in [2.75, 3.05) is 26.2 Å². The molecule has 1 saturated heterocycles. The fourth-order valence-corrected chi connectivity index (χ4v) is 3.38. The van der Waals surface area contributed by atoms with Gasteiger partial charge >= 0.3 is 11.9 Å². The van der Waals surface area contributed by atoms with E-state index in [2.05, 4.69) is 73.1 Å². The van der Waals surface area contributed by atoms with E-state index in [1.165, 1.54) is 11.3 Å².